The third-order valence-corrected chi connectivity index (χ3v) is 6.32. The molecule has 0 spiro atoms. The number of ether oxygens (including phenoxy) is 3. The van der Waals surface area contributed by atoms with Gasteiger partial charge in [0.1, 0.15) is 0 Å². The van der Waals surface area contributed by atoms with Crippen molar-refractivity contribution >= 4 is 0 Å². The van der Waals surface area contributed by atoms with Gasteiger partial charge < -0.3 is 14.2 Å². The zero-order chi connectivity index (χ0) is 24.9. The molecule has 0 aromatic heterocycles. The van der Waals surface area contributed by atoms with Gasteiger partial charge in [-0.2, -0.15) is 4.39 Å². The maximum atomic E-state index is 15.0. The van der Waals surface area contributed by atoms with Gasteiger partial charge in [0.15, 0.2) is 29.5 Å². The average molecular weight is 489 g/mol. The molecule has 186 valence electrons. The number of unbranched alkanes of at least 4 members (excludes halogenated alkanes) is 2. The summed E-state index contributed by atoms with van der Waals surface area (Å²) in [5, 5.41) is 0. The molecule has 1 aliphatic rings. The lowest BCUT2D eigenvalue weighted by Gasteiger charge is -2.30. The Labute approximate surface area is 202 Å². The first-order chi connectivity index (χ1) is 16.9. The molecule has 1 saturated heterocycles. The molecule has 3 aromatic rings. The molecule has 4 rings (SSSR count). The average Bonchev–Trinajstić information content (AvgIpc) is 2.88. The number of rotatable bonds is 8. The molecular formula is C28H28F4O3. The molecule has 3 aromatic carbocycles. The van der Waals surface area contributed by atoms with E-state index >= 15 is 0 Å². The fourth-order valence-corrected chi connectivity index (χ4v) is 4.28. The predicted octanol–water partition coefficient (Wildman–Crippen LogP) is 7.83. The van der Waals surface area contributed by atoms with Crippen LogP contribution in [0, 0.1) is 29.2 Å². The molecule has 0 amide bonds. The van der Waals surface area contributed by atoms with Crippen molar-refractivity contribution in [1.29, 1.82) is 0 Å². The minimum Gasteiger partial charge on any atom is -0.494 e. The Morgan fingerprint density at radius 1 is 0.743 bits per heavy atom. The van der Waals surface area contributed by atoms with Crippen LogP contribution in [0.4, 0.5) is 17.6 Å². The summed E-state index contributed by atoms with van der Waals surface area (Å²) in [5.74, 6) is -4.11. The summed E-state index contributed by atoms with van der Waals surface area (Å²) >= 11 is 0. The summed E-state index contributed by atoms with van der Waals surface area (Å²) in [6, 6.07) is 11.8. The van der Waals surface area contributed by atoms with Gasteiger partial charge in [0.25, 0.3) is 0 Å². The second-order valence-corrected chi connectivity index (χ2v) is 8.71. The van der Waals surface area contributed by atoms with Crippen molar-refractivity contribution in [2.45, 2.75) is 38.9 Å². The highest BCUT2D eigenvalue weighted by atomic mass is 19.2. The molecule has 35 heavy (non-hydrogen) atoms. The van der Waals surface area contributed by atoms with Crippen molar-refractivity contribution in [2.75, 3.05) is 20.3 Å². The van der Waals surface area contributed by atoms with Crippen LogP contribution < -0.4 is 4.74 Å². The van der Waals surface area contributed by atoms with E-state index in [0.29, 0.717) is 24.3 Å². The van der Waals surface area contributed by atoms with Crippen LogP contribution in [0.3, 0.4) is 0 Å². The van der Waals surface area contributed by atoms with Crippen molar-refractivity contribution in [3.63, 3.8) is 0 Å². The van der Waals surface area contributed by atoms with Crippen LogP contribution in [0.5, 0.6) is 5.75 Å². The number of benzene rings is 3. The van der Waals surface area contributed by atoms with E-state index in [4.69, 9.17) is 14.2 Å². The molecule has 0 saturated carbocycles. The Morgan fingerprint density at radius 2 is 1.31 bits per heavy atom. The molecular weight excluding hydrogens is 460 g/mol. The molecule has 0 bridgehead atoms. The third kappa shape index (κ3) is 5.36. The number of methoxy groups -OCH3 is 1. The molecule has 0 radical (unpaired) electrons. The smallest absolute Gasteiger partial charge is 0.201 e. The monoisotopic (exact) mass is 488 g/mol. The zero-order valence-electron chi connectivity index (χ0n) is 19.8. The summed E-state index contributed by atoms with van der Waals surface area (Å²) in [7, 11) is 1.25. The highest BCUT2D eigenvalue weighted by molar-refractivity contribution is 5.71. The number of hydrogen-bond donors (Lipinski definition) is 0. The second-order valence-electron chi connectivity index (χ2n) is 8.71. The van der Waals surface area contributed by atoms with Gasteiger partial charge in [-0.25, -0.2) is 13.2 Å². The van der Waals surface area contributed by atoms with Crippen molar-refractivity contribution in [3.05, 3.63) is 77.4 Å². The lowest BCUT2D eigenvalue weighted by Crippen LogP contribution is -2.27. The van der Waals surface area contributed by atoms with Gasteiger partial charge in [-0.3, -0.25) is 0 Å². The van der Waals surface area contributed by atoms with Gasteiger partial charge in [0.05, 0.1) is 20.3 Å². The van der Waals surface area contributed by atoms with Crippen molar-refractivity contribution in [2.24, 2.45) is 5.92 Å². The van der Waals surface area contributed by atoms with Crippen molar-refractivity contribution < 1.29 is 31.8 Å². The maximum Gasteiger partial charge on any atom is 0.201 e. The van der Waals surface area contributed by atoms with Crippen LogP contribution >= 0.6 is 0 Å². The molecule has 0 atom stereocenters. The third-order valence-electron chi connectivity index (χ3n) is 6.32. The minimum atomic E-state index is -1.09. The van der Waals surface area contributed by atoms with Gasteiger partial charge in [-0.1, -0.05) is 62.6 Å². The standard InChI is InChI=1S/C28H28F4O3/c1-3-4-5-6-17-15-34-28(35-16-17)22-12-11-20(24(29)26(22)31)18-7-9-19(10-8-18)21-13-14-23(33-2)27(32)25(21)30/h7-14,17,28H,3-6,15-16H2,1-2H3. The van der Waals surface area contributed by atoms with Gasteiger partial charge in [-0.05, 0) is 29.7 Å². The molecule has 0 aliphatic carbocycles. The lowest BCUT2D eigenvalue weighted by atomic mass is 9.98. The Kier molecular flexibility index (Phi) is 8.08. The van der Waals surface area contributed by atoms with Crippen LogP contribution in [0.25, 0.3) is 22.3 Å². The highest BCUT2D eigenvalue weighted by Crippen LogP contribution is 2.35. The number of hydrogen-bond acceptors (Lipinski definition) is 3. The zero-order valence-corrected chi connectivity index (χ0v) is 19.8. The molecule has 0 unspecified atom stereocenters. The lowest BCUT2D eigenvalue weighted by molar-refractivity contribution is -0.207. The molecule has 3 nitrogen and oxygen atoms in total. The first-order valence-electron chi connectivity index (χ1n) is 11.8. The van der Waals surface area contributed by atoms with E-state index in [1.54, 1.807) is 0 Å². The van der Waals surface area contributed by atoms with Crippen molar-refractivity contribution in [3.8, 4) is 28.0 Å². The Bertz CT molecular complexity index is 1160. The minimum absolute atomic E-state index is 0.0191. The first kappa shape index (κ1) is 25.2. The van der Waals surface area contributed by atoms with E-state index in [2.05, 4.69) is 6.92 Å². The van der Waals surface area contributed by atoms with E-state index < -0.39 is 29.6 Å². The Morgan fingerprint density at radius 3 is 1.89 bits per heavy atom. The molecule has 1 fully saturated rings. The Balaban J connectivity index is 1.50. The van der Waals surface area contributed by atoms with E-state index in [0.717, 1.165) is 25.7 Å². The fraction of sp³-hybridized carbons (Fsp3) is 0.357. The van der Waals surface area contributed by atoms with Gasteiger partial charge in [0.2, 0.25) is 5.82 Å². The fourth-order valence-electron chi connectivity index (χ4n) is 4.28. The first-order valence-corrected chi connectivity index (χ1v) is 11.8. The van der Waals surface area contributed by atoms with Crippen LogP contribution in [0.15, 0.2) is 48.5 Å². The quantitative estimate of drug-likeness (QED) is 0.239. The van der Waals surface area contributed by atoms with E-state index in [9.17, 15) is 17.6 Å². The second kappa shape index (κ2) is 11.2. The van der Waals surface area contributed by atoms with Crippen LogP contribution in [0.1, 0.15) is 44.5 Å². The summed E-state index contributed by atoms with van der Waals surface area (Å²) in [6.07, 6.45) is 3.41. The van der Waals surface area contributed by atoms with Gasteiger partial charge in [0, 0.05) is 22.6 Å². The van der Waals surface area contributed by atoms with Gasteiger partial charge in [-0.15, -0.1) is 0 Å². The summed E-state index contributed by atoms with van der Waals surface area (Å²) < 4.78 is 74.6. The Hall–Kier alpha value is -2.90. The van der Waals surface area contributed by atoms with E-state index in [1.807, 2.05) is 0 Å². The van der Waals surface area contributed by atoms with Crippen LogP contribution in [-0.2, 0) is 9.47 Å². The summed E-state index contributed by atoms with van der Waals surface area (Å²) in [5.41, 5.74) is 0.893. The highest BCUT2D eigenvalue weighted by Gasteiger charge is 2.28. The van der Waals surface area contributed by atoms with E-state index in [1.165, 1.54) is 55.6 Å². The topological polar surface area (TPSA) is 27.7 Å². The molecule has 7 heteroatoms. The maximum absolute atomic E-state index is 15.0. The molecule has 1 heterocycles. The van der Waals surface area contributed by atoms with Crippen molar-refractivity contribution in [1.82, 2.24) is 0 Å². The van der Waals surface area contributed by atoms with Crippen LogP contribution in [0.2, 0.25) is 0 Å². The SMILES string of the molecule is CCCCCC1COC(c2ccc(-c3ccc(-c4ccc(OC)c(F)c4F)cc3)c(F)c2F)OC1. The molecule has 0 N–H and O–H groups in total. The van der Waals surface area contributed by atoms with E-state index in [-0.39, 0.29) is 28.4 Å². The summed E-state index contributed by atoms with van der Waals surface area (Å²) in [4.78, 5) is 0. The normalized spacial score (nSPS) is 18.0. The largest absolute Gasteiger partial charge is 0.494 e. The predicted molar refractivity (Wildman–Crippen MR) is 126 cm³/mol. The summed E-state index contributed by atoms with van der Waals surface area (Å²) in [6.45, 7) is 3.03. The number of halogens is 4. The molecule has 1 aliphatic heterocycles. The van der Waals surface area contributed by atoms with Gasteiger partial charge >= 0.3 is 0 Å². The van der Waals surface area contributed by atoms with Crippen LogP contribution in [-0.4, -0.2) is 20.3 Å².